The number of rotatable bonds is 3. The molecule has 25 heavy (non-hydrogen) atoms. The second-order valence-electron chi connectivity index (χ2n) is 7.29. The van der Waals surface area contributed by atoms with Crippen LogP contribution in [0.5, 0.6) is 0 Å². The van der Waals surface area contributed by atoms with Crippen molar-refractivity contribution >= 4 is 5.78 Å². The molecule has 2 aromatic rings. The molecule has 130 valence electrons. The Morgan fingerprint density at radius 1 is 1.12 bits per heavy atom. The number of hydrogen-bond acceptors (Lipinski definition) is 3. The minimum atomic E-state index is -2.61. The quantitative estimate of drug-likeness (QED) is 0.795. The minimum Gasteiger partial charge on any atom is -0.290 e. The summed E-state index contributed by atoms with van der Waals surface area (Å²) in [5, 5.41) is 4.25. The average molecular weight is 347 g/mol. The molecule has 0 N–H and O–H groups in total. The molecule has 2 fully saturated rings. The van der Waals surface area contributed by atoms with Crippen LogP contribution in [0.4, 0.5) is 13.2 Å². The number of nitrogens with zero attached hydrogens (tertiary/aromatic N) is 3. The number of alkyl halides is 3. The zero-order valence-electron chi connectivity index (χ0n) is 13.3. The first-order valence-electron chi connectivity index (χ1n) is 8.54. The van der Waals surface area contributed by atoms with E-state index in [0.29, 0.717) is 0 Å². The van der Waals surface area contributed by atoms with Crippen molar-refractivity contribution in [3.8, 4) is 0 Å². The van der Waals surface area contributed by atoms with Crippen molar-refractivity contribution in [1.29, 1.82) is 0 Å². The van der Waals surface area contributed by atoms with Gasteiger partial charge in [-0.15, -0.1) is 5.10 Å². The standard InChI is InChI=1S/C18H16F3N3O/c19-13-8-14(9-4-2-1-3-5-9)24-17(13)22-16(23-24)15(25)10-6-11-12(7-10)18(11,20)21/h1-5,10-14H,6-8H2. The van der Waals surface area contributed by atoms with E-state index in [9.17, 15) is 18.0 Å². The van der Waals surface area contributed by atoms with E-state index in [4.69, 9.17) is 0 Å². The molecule has 0 radical (unpaired) electrons. The van der Waals surface area contributed by atoms with Gasteiger partial charge < -0.3 is 0 Å². The maximum atomic E-state index is 14.3. The van der Waals surface area contributed by atoms with Crippen LogP contribution in [0.2, 0.25) is 0 Å². The molecule has 0 amide bonds. The van der Waals surface area contributed by atoms with Gasteiger partial charge in [-0.3, -0.25) is 4.79 Å². The summed E-state index contributed by atoms with van der Waals surface area (Å²) in [6, 6.07) is 9.11. The summed E-state index contributed by atoms with van der Waals surface area (Å²) in [7, 11) is 0. The van der Waals surface area contributed by atoms with Crippen LogP contribution in [0.15, 0.2) is 30.3 Å². The predicted octanol–water partition coefficient (Wildman–Crippen LogP) is 3.76. The second kappa shape index (κ2) is 4.93. The van der Waals surface area contributed by atoms with E-state index in [1.165, 1.54) is 4.68 Å². The van der Waals surface area contributed by atoms with Gasteiger partial charge in [-0.25, -0.2) is 22.8 Å². The zero-order chi connectivity index (χ0) is 17.3. The van der Waals surface area contributed by atoms with E-state index in [-0.39, 0.29) is 42.7 Å². The predicted molar refractivity (Wildman–Crippen MR) is 82.1 cm³/mol. The van der Waals surface area contributed by atoms with E-state index in [1.54, 1.807) is 0 Å². The van der Waals surface area contributed by atoms with Crippen molar-refractivity contribution in [2.45, 2.75) is 37.4 Å². The van der Waals surface area contributed by atoms with Gasteiger partial charge in [-0.2, -0.15) is 0 Å². The molecule has 4 nitrogen and oxygen atoms in total. The molecule has 0 bridgehead atoms. The fourth-order valence-electron chi connectivity index (χ4n) is 4.45. The highest BCUT2D eigenvalue weighted by molar-refractivity contribution is 5.94. The van der Waals surface area contributed by atoms with Crippen LogP contribution in [0.25, 0.3) is 0 Å². The van der Waals surface area contributed by atoms with Crippen LogP contribution < -0.4 is 0 Å². The van der Waals surface area contributed by atoms with Crippen molar-refractivity contribution in [1.82, 2.24) is 14.8 Å². The Bertz CT molecular complexity index is 837. The Balaban J connectivity index is 1.41. The molecular formula is C18H16F3N3O. The normalized spacial score (nSPS) is 34.6. The lowest BCUT2D eigenvalue weighted by Crippen LogP contribution is -2.19. The summed E-state index contributed by atoms with van der Waals surface area (Å²) in [5.74, 6) is -4.64. The number of benzene rings is 1. The second-order valence-corrected chi connectivity index (χ2v) is 7.29. The number of aromatic nitrogens is 3. The lowest BCUT2D eigenvalue weighted by molar-refractivity contribution is 0.0590. The van der Waals surface area contributed by atoms with Gasteiger partial charge in [0.05, 0.1) is 6.04 Å². The van der Waals surface area contributed by atoms with E-state index >= 15 is 0 Å². The van der Waals surface area contributed by atoms with Gasteiger partial charge in [0.15, 0.2) is 12.0 Å². The highest BCUT2D eigenvalue weighted by Crippen LogP contribution is 2.65. The van der Waals surface area contributed by atoms with Crippen molar-refractivity contribution in [2.75, 3.05) is 0 Å². The largest absolute Gasteiger partial charge is 0.290 e. The molecule has 4 atom stereocenters. The lowest BCUT2D eigenvalue weighted by Gasteiger charge is -2.12. The van der Waals surface area contributed by atoms with E-state index in [1.807, 2.05) is 30.3 Å². The molecule has 2 heterocycles. The van der Waals surface area contributed by atoms with Crippen LogP contribution in [0, 0.1) is 17.8 Å². The monoisotopic (exact) mass is 347 g/mol. The highest BCUT2D eigenvalue weighted by atomic mass is 19.3. The summed E-state index contributed by atoms with van der Waals surface area (Å²) in [5.41, 5.74) is 0.912. The summed E-state index contributed by atoms with van der Waals surface area (Å²) in [6.07, 6.45) is -0.669. The van der Waals surface area contributed by atoms with Crippen molar-refractivity contribution in [2.24, 2.45) is 17.8 Å². The summed E-state index contributed by atoms with van der Waals surface area (Å²) in [6.45, 7) is 0. The third kappa shape index (κ3) is 2.10. The van der Waals surface area contributed by atoms with Gasteiger partial charge in [-0.1, -0.05) is 30.3 Å². The Kier molecular flexibility index (Phi) is 2.98. The lowest BCUT2D eigenvalue weighted by atomic mass is 9.97. The Labute approximate surface area is 142 Å². The third-order valence-electron chi connectivity index (χ3n) is 5.88. The molecule has 4 unspecified atom stereocenters. The molecule has 3 aliphatic rings. The number of Topliss-reactive ketones (excluding diaryl/α,β-unsaturated/α-hetero) is 1. The van der Waals surface area contributed by atoms with E-state index in [0.717, 1.165) is 5.56 Å². The molecule has 2 saturated carbocycles. The number of halogens is 3. The van der Waals surface area contributed by atoms with Crippen LogP contribution in [0.1, 0.15) is 53.5 Å². The molecule has 7 heteroatoms. The highest BCUT2D eigenvalue weighted by Gasteiger charge is 2.72. The zero-order valence-corrected chi connectivity index (χ0v) is 13.3. The number of fused-ring (bicyclic) bond motifs is 2. The van der Waals surface area contributed by atoms with Gasteiger partial charge in [-0.05, 0) is 18.4 Å². The van der Waals surface area contributed by atoms with Gasteiger partial charge in [0, 0.05) is 24.2 Å². The first-order valence-corrected chi connectivity index (χ1v) is 8.54. The molecule has 1 aliphatic heterocycles. The number of ketones is 1. The molecular weight excluding hydrogens is 331 g/mol. The SMILES string of the molecule is O=C(c1nc2n(n1)C(c1ccccc1)CC2F)C1CC2C(C1)C2(F)F. The summed E-state index contributed by atoms with van der Waals surface area (Å²) in [4.78, 5) is 16.7. The average Bonchev–Trinajstić information content (AvgIpc) is 3.12. The maximum Gasteiger partial charge on any atom is 0.254 e. The topological polar surface area (TPSA) is 47.8 Å². The summed E-state index contributed by atoms with van der Waals surface area (Å²) >= 11 is 0. The Morgan fingerprint density at radius 3 is 2.48 bits per heavy atom. The fraction of sp³-hybridized carbons (Fsp3) is 0.500. The van der Waals surface area contributed by atoms with E-state index in [2.05, 4.69) is 10.1 Å². The molecule has 0 saturated heterocycles. The van der Waals surface area contributed by atoms with Crippen molar-refractivity contribution < 1.29 is 18.0 Å². The van der Waals surface area contributed by atoms with Gasteiger partial charge in [0.2, 0.25) is 11.6 Å². The third-order valence-corrected chi connectivity index (χ3v) is 5.88. The first-order chi connectivity index (χ1) is 12.0. The van der Waals surface area contributed by atoms with Crippen molar-refractivity contribution in [3.63, 3.8) is 0 Å². The molecule has 2 aliphatic carbocycles. The number of hydrogen-bond donors (Lipinski definition) is 0. The van der Waals surface area contributed by atoms with Gasteiger partial charge in [0.1, 0.15) is 0 Å². The van der Waals surface area contributed by atoms with Crippen LogP contribution in [-0.4, -0.2) is 26.5 Å². The minimum absolute atomic E-state index is 0.0344. The number of carbonyl (C=O) groups is 1. The van der Waals surface area contributed by atoms with Gasteiger partial charge in [0.25, 0.3) is 5.92 Å². The van der Waals surface area contributed by atoms with E-state index < -0.39 is 29.8 Å². The maximum absolute atomic E-state index is 14.3. The molecule has 1 aromatic heterocycles. The van der Waals surface area contributed by atoms with Crippen LogP contribution in [-0.2, 0) is 0 Å². The van der Waals surface area contributed by atoms with Gasteiger partial charge >= 0.3 is 0 Å². The smallest absolute Gasteiger partial charge is 0.254 e. The van der Waals surface area contributed by atoms with Crippen LogP contribution >= 0.6 is 0 Å². The summed E-state index contributed by atoms with van der Waals surface area (Å²) < 4.78 is 42.4. The first kappa shape index (κ1) is 15.1. The fourth-order valence-corrected chi connectivity index (χ4v) is 4.45. The van der Waals surface area contributed by atoms with Crippen LogP contribution in [0.3, 0.4) is 0 Å². The molecule has 1 aromatic carbocycles. The Morgan fingerprint density at radius 2 is 1.80 bits per heavy atom. The molecule has 5 rings (SSSR count). The Hall–Kier alpha value is -2.18. The number of carbonyl (C=O) groups excluding carboxylic acids is 1. The van der Waals surface area contributed by atoms with Crippen molar-refractivity contribution in [3.05, 3.63) is 47.5 Å². The molecule has 0 spiro atoms.